The van der Waals surface area contributed by atoms with Crippen LogP contribution in [0.1, 0.15) is 168 Å². The summed E-state index contributed by atoms with van der Waals surface area (Å²) in [6.45, 7) is 7.92. The molecule has 0 amide bonds. The largest absolute Gasteiger partial charge is 0.379 e. The molecular weight excluding hydrogens is 432 g/mol. The Morgan fingerprint density at radius 3 is 1.03 bits per heavy atom. The Kier molecular flexibility index (Phi) is 25.3. The van der Waals surface area contributed by atoms with Gasteiger partial charge in [-0.1, -0.05) is 142 Å². The average Bonchev–Trinajstić information content (AvgIpc) is 3.32. The Morgan fingerprint density at radius 1 is 0.429 bits per heavy atom. The Balaban J connectivity index is 1.75. The van der Waals surface area contributed by atoms with Crippen LogP contribution in [0.25, 0.3) is 0 Å². The molecular formula is C32H64O3. The monoisotopic (exact) mass is 496 g/mol. The molecule has 0 aliphatic carbocycles. The van der Waals surface area contributed by atoms with Gasteiger partial charge in [0.25, 0.3) is 0 Å². The lowest BCUT2D eigenvalue weighted by atomic mass is 10.1. The SMILES string of the molecule is CCCCCCCCCCCCCCOC[C@H]1CC[C@@H](COCCCCCCCCCCCC)O1. The van der Waals surface area contributed by atoms with E-state index in [1.54, 1.807) is 0 Å². The number of hydrogen-bond acceptors (Lipinski definition) is 3. The lowest BCUT2D eigenvalue weighted by Gasteiger charge is -2.14. The second-order valence-corrected chi connectivity index (χ2v) is 11.2. The number of hydrogen-bond donors (Lipinski definition) is 0. The summed E-state index contributed by atoms with van der Waals surface area (Å²) in [6, 6.07) is 0. The molecule has 210 valence electrons. The lowest BCUT2D eigenvalue weighted by Crippen LogP contribution is -2.20. The van der Waals surface area contributed by atoms with Crippen LogP contribution in [-0.4, -0.2) is 38.6 Å². The van der Waals surface area contributed by atoms with E-state index in [4.69, 9.17) is 14.2 Å². The minimum atomic E-state index is 0.290. The maximum Gasteiger partial charge on any atom is 0.0814 e. The van der Waals surface area contributed by atoms with E-state index >= 15 is 0 Å². The highest BCUT2D eigenvalue weighted by molar-refractivity contribution is 4.73. The van der Waals surface area contributed by atoms with Crippen molar-refractivity contribution in [2.24, 2.45) is 0 Å². The smallest absolute Gasteiger partial charge is 0.0814 e. The molecule has 1 aliphatic heterocycles. The third kappa shape index (κ3) is 22.8. The predicted molar refractivity (Wildman–Crippen MR) is 152 cm³/mol. The van der Waals surface area contributed by atoms with Gasteiger partial charge in [0, 0.05) is 13.2 Å². The first kappa shape index (κ1) is 32.9. The zero-order valence-electron chi connectivity index (χ0n) is 24.2. The summed E-state index contributed by atoms with van der Waals surface area (Å²) in [5.41, 5.74) is 0. The summed E-state index contributed by atoms with van der Waals surface area (Å²) in [6.07, 6.45) is 33.3. The van der Waals surface area contributed by atoms with Crippen LogP contribution in [0.5, 0.6) is 0 Å². The molecule has 3 nitrogen and oxygen atoms in total. The van der Waals surface area contributed by atoms with Crippen molar-refractivity contribution >= 4 is 0 Å². The van der Waals surface area contributed by atoms with Crippen molar-refractivity contribution < 1.29 is 14.2 Å². The van der Waals surface area contributed by atoms with Crippen LogP contribution >= 0.6 is 0 Å². The van der Waals surface area contributed by atoms with Gasteiger partial charge in [-0.2, -0.15) is 0 Å². The highest BCUT2D eigenvalue weighted by atomic mass is 16.6. The Morgan fingerprint density at radius 2 is 0.714 bits per heavy atom. The second kappa shape index (κ2) is 26.9. The van der Waals surface area contributed by atoms with E-state index in [9.17, 15) is 0 Å². The van der Waals surface area contributed by atoms with Crippen molar-refractivity contribution in [3.8, 4) is 0 Å². The molecule has 0 unspecified atom stereocenters. The Labute approximate surface area is 220 Å². The number of rotatable bonds is 28. The van der Waals surface area contributed by atoms with E-state index < -0.39 is 0 Å². The Hall–Kier alpha value is -0.120. The summed E-state index contributed by atoms with van der Waals surface area (Å²) in [5, 5.41) is 0. The van der Waals surface area contributed by atoms with Crippen LogP contribution in [0, 0.1) is 0 Å². The van der Waals surface area contributed by atoms with Crippen LogP contribution in [0.2, 0.25) is 0 Å². The van der Waals surface area contributed by atoms with Gasteiger partial charge in [-0.15, -0.1) is 0 Å². The van der Waals surface area contributed by atoms with Crippen molar-refractivity contribution in [1.82, 2.24) is 0 Å². The first-order valence-electron chi connectivity index (χ1n) is 16.2. The van der Waals surface area contributed by atoms with E-state index in [0.717, 1.165) is 39.3 Å². The number of unbranched alkanes of at least 4 members (excludes halogenated alkanes) is 20. The molecule has 35 heavy (non-hydrogen) atoms. The molecule has 1 fully saturated rings. The number of ether oxygens (including phenoxy) is 3. The fourth-order valence-electron chi connectivity index (χ4n) is 5.19. The molecule has 0 aromatic heterocycles. The molecule has 1 aliphatic rings. The van der Waals surface area contributed by atoms with E-state index in [2.05, 4.69) is 13.8 Å². The van der Waals surface area contributed by atoms with Gasteiger partial charge >= 0.3 is 0 Å². The van der Waals surface area contributed by atoms with Gasteiger partial charge in [0.2, 0.25) is 0 Å². The standard InChI is InChI=1S/C32H64O3/c1-3-5-7-9-11-13-15-16-18-20-22-24-28-34-30-32-26-25-31(35-32)29-33-27-23-21-19-17-14-12-10-8-6-4-2/h31-32H,3-30H2,1-2H3/t31-,32+/m0/s1. The average molecular weight is 497 g/mol. The zero-order chi connectivity index (χ0) is 25.1. The van der Waals surface area contributed by atoms with Gasteiger partial charge in [-0.05, 0) is 25.7 Å². The molecule has 1 heterocycles. The van der Waals surface area contributed by atoms with E-state index in [0.29, 0.717) is 12.2 Å². The second-order valence-electron chi connectivity index (χ2n) is 11.2. The summed E-state index contributed by atoms with van der Waals surface area (Å²) in [4.78, 5) is 0. The minimum absolute atomic E-state index is 0.290. The summed E-state index contributed by atoms with van der Waals surface area (Å²) in [7, 11) is 0. The topological polar surface area (TPSA) is 27.7 Å². The summed E-state index contributed by atoms with van der Waals surface area (Å²) in [5.74, 6) is 0. The molecule has 0 aromatic carbocycles. The first-order valence-corrected chi connectivity index (χ1v) is 16.2. The minimum Gasteiger partial charge on any atom is -0.379 e. The van der Waals surface area contributed by atoms with Gasteiger partial charge in [0.1, 0.15) is 0 Å². The molecule has 0 bridgehead atoms. The zero-order valence-corrected chi connectivity index (χ0v) is 24.2. The summed E-state index contributed by atoms with van der Waals surface area (Å²) >= 11 is 0. The molecule has 1 saturated heterocycles. The van der Waals surface area contributed by atoms with Crippen LogP contribution in [0.3, 0.4) is 0 Å². The van der Waals surface area contributed by atoms with E-state index in [1.807, 2.05) is 0 Å². The van der Waals surface area contributed by atoms with Gasteiger partial charge in [-0.3, -0.25) is 0 Å². The molecule has 0 aromatic rings. The maximum atomic E-state index is 6.12. The highest BCUT2D eigenvalue weighted by Gasteiger charge is 2.25. The van der Waals surface area contributed by atoms with Crippen LogP contribution in [-0.2, 0) is 14.2 Å². The molecule has 0 N–H and O–H groups in total. The lowest BCUT2D eigenvalue weighted by molar-refractivity contribution is -0.0460. The molecule has 2 atom stereocenters. The molecule has 0 spiro atoms. The van der Waals surface area contributed by atoms with E-state index in [1.165, 1.54) is 141 Å². The molecule has 1 rings (SSSR count). The molecule has 0 radical (unpaired) electrons. The fourth-order valence-corrected chi connectivity index (χ4v) is 5.19. The van der Waals surface area contributed by atoms with Crippen LogP contribution in [0.15, 0.2) is 0 Å². The molecule has 3 heteroatoms. The summed E-state index contributed by atoms with van der Waals surface area (Å²) < 4.78 is 17.9. The van der Waals surface area contributed by atoms with Gasteiger partial charge in [0.15, 0.2) is 0 Å². The van der Waals surface area contributed by atoms with Gasteiger partial charge in [-0.25, -0.2) is 0 Å². The van der Waals surface area contributed by atoms with Gasteiger partial charge in [0.05, 0.1) is 25.4 Å². The maximum absolute atomic E-state index is 6.12. The normalized spacial score (nSPS) is 18.0. The van der Waals surface area contributed by atoms with Crippen molar-refractivity contribution in [3.63, 3.8) is 0 Å². The van der Waals surface area contributed by atoms with Crippen LogP contribution < -0.4 is 0 Å². The molecule has 0 saturated carbocycles. The van der Waals surface area contributed by atoms with Crippen LogP contribution in [0.4, 0.5) is 0 Å². The van der Waals surface area contributed by atoms with Crippen molar-refractivity contribution in [2.75, 3.05) is 26.4 Å². The van der Waals surface area contributed by atoms with Crippen molar-refractivity contribution in [1.29, 1.82) is 0 Å². The van der Waals surface area contributed by atoms with Gasteiger partial charge < -0.3 is 14.2 Å². The van der Waals surface area contributed by atoms with Crippen molar-refractivity contribution in [3.05, 3.63) is 0 Å². The predicted octanol–water partition coefficient (Wildman–Crippen LogP) is 10.2. The highest BCUT2D eigenvalue weighted by Crippen LogP contribution is 2.21. The van der Waals surface area contributed by atoms with E-state index in [-0.39, 0.29) is 0 Å². The third-order valence-electron chi connectivity index (χ3n) is 7.59. The van der Waals surface area contributed by atoms with Crippen molar-refractivity contribution in [2.45, 2.75) is 180 Å². The quantitative estimate of drug-likeness (QED) is 0.101. The Bertz CT molecular complexity index is 400. The fraction of sp³-hybridized carbons (Fsp3) is 1.00. The first-order chi connectivity index (χ1) is 17.4. The third-order valence-corrected chi connectivity index (χ3v) is 7.59.